The number of rotatable bonds is 1. The Morgan fingerprint density at radius 3 is 2.31 bits per heavy atom. The van der Waals surface area contributed by atoms with Gasteiger partial charge in [0.1, 0.15) is 0 Å². The molecule has 0 N–H and O–H groups in total. The second kappa shape index (κ2) is 3.96. The summed E-state index contributed by atoms with van der Waals surface area (Å²) in [6, 6.07) is 0. The number of nitrogens with zero attached hydrogens (tertiary/aromatic N) is 1. The van der Waals surface area contributed by atoms with E-state index in [-0.39, 0.29) is 10.9 Å². The first-order valence-corrected chi connectivity index (χ1v) is 5.13. The van der Waals surface area contributed by atoms with E-state index < -0.39 is 11.7 Å². The number of halogens is 5. The normalized spacial score (nSPS) is 11.8. The van der Waals surface area contributed by atoms with Crippen LogP contribution in [0.4, 0.5) is 13.2 Å². The Balaban J connectivity index is 3.29. The van der Waals surface area contributed by atoms with Crippen LogP contribution in [0.3, 0.4) is 0 Å². The van der Waals surface area contributed by atoms with Gasteiger partial charge in [0.05, 0.1) is 5.56 Å². The van der Waals surface area contributed by atoms with Gasteiger partial charge in [-0.2, -0.15) is 13.2 Å². The Kier molecular flexibility index (Phi) is 3.34. The van der Waals surface area contributed by atoms with Crippen LogP contribution in [0.25, 0.3) is 0 Å². The van der Waals surface area contributed by atoms with Gasteiger partial charge in [-0.1, -0.05) is 15.9 Å². The molecule has 1 heterocycles. The molecule has 13 heavy (non-hydrogen) atoms. The first kappa shape index (κ1) is 11.0. The van der Waals surface area contributed by atoms with Gasteiger partial charge in [0, 0.05) is 22.2 Å². The highest BCUT2D eigenvalue weighted by Crippen LogP contribution is 2.35. The summed E-state index contributed by atoms with van der Waals surface area (Å²) in [5, 5.41) is 0.144. The van der Waals surface area contributed by atoms with Crippen LogP contribution < -0.4 is 0 Å². The zero-order chi connectivity index (χ0) is 10.1. The molecule has 0 aliphatic heterocycles. The van der Waals surface area contributed by atoms with Crippen LogP contribution in [0.2, 0.25) is 0 Å². The third-order valence-corrected chi connectivity index (χ3v) is 2.69. The summed E-state index contributed by atoms with van der Waals surface area (Å²) in [6.45, 7) is 0. The van der Waals surface area contributed by atoms with Crippen LogP contribution in [0.15, 0.2) is 16.9 Å². The van der Waals surface area contributed by atoms with E-state index in [0.717, 1.165) is 6.20 Å². The molecular formula is C7H4Br2F3N. The van der Waals surface area contributed by atoms with Gasteiger partial charge in [-0.15, -0.1) is 0 Å². The summed E-state index contributed by atoms with van der Waals surface area (Å²) in [5.74, 6) is 0. The van der Waals surface area contributed by atoms with Crippen molar-refractivity contribution in [1.82, 2.24) is 4.98 Å². The molecule has 0 aliphatic rings. The SMILES string of the molecule is FC(F)(F)c1cncc(Br)c1CBr. The number of alkyl halides is 4. The van der Waals surface area contributed by atoms with E-state index in [1.807, 2.05) is 0 Å². The molecule has 0 saturated carbocycles. The summed E-state index contributed by atoms with van der Waals surface area (Å²) >= 11 is 6.00. The molecular weight excluding hydrogens is 315 g/mol. The monoisotopic (exact) mass is 317 g/mol. The van der Waals surface area contributed by atoms with Gasteiger partial charge in [-0.3, -0.25) is 4.98 Å². The number of pyridine rings is 1. The fourth-order valence-corrected chi connectivity index (χ4v) is 2.29. The van der Waals surface area contributed by atoms with Crippen LogP contribution in [0, 0.1) is 0 Å². The minimum Gasteiger partial charge on any atom is -0.263 e. The lowest BCUT2D eigenvalue weighted by atomic mass is 10.1. The van der Waals surface area contributed by atoms with Crippen LogP contribution in [-0.4, -0.2) is 4.98 Å². The molecule has 0 aromatic carbocycles. The molecule has 0 spiro atoms. The quantitative estimate of drug-likeness (QED) is 0.719. The lowest BCUT2D eigenvalue weighted by molar-refractivity contribution is -0.138. The molecule has 0 aliphatic carbocycles. The summed E-state index contributed by atoms with van der Waals surface area (Å²) in [5.41, 5.74) is -0.541. The van der Waals surface area contributed by atoms with E-state index in [9.17, 15) is 13.2 Å². The number of hydrogen-bond donors (Lipinski definition) is 0. The fourth-order valence-electron chi connectivity index (χ4n) is 0.842. The molecule has 6 heteroatoms. The van der Waals surface area contributed by atoms with Crippen molar-refractivity contribution in [2.45, 2.75) is 11.5 Å². The van der Waals surface area contributed by atoms with Crippen molar-refractivity contribution in [3.05, 3.63) is 28.0 Å². The van der Waals surface area contributed by atoms with Crippen LogP contribution in [0.1, 0.15) is 11.1 Å². The summed E-state index contributed by atoms with van der Waals surface area (Å²) < 4.78 is 37.4. The molecule has 0 fully saturated rings. The van der Waals surface area contributed by atoms with Gasteiger partial charge < -0.3 is 0 Å². The van der Waals surface area contributed by atoms with Crippen molar-refractivity contribution >= 4 is 31.9 Å². The molecule has 0 radical (unpaired) electrons. The minimum absolute atomic E-state index is 0.144. The van der Waals surface area contributed by atoms with Crippen molar-refractivity contribution in [2.75, 3.05) is 0 Å². The van der Waals surface area contributed by atoms with Crippen LogP contribution in [-0.2, 0) is 11.5 Å². The number of aromatic nitrogens is 1. The molecule has 72 valence electrons. The minimum atomic E-state index is -4.35. The zero-order valence-electron chi connectivity index (χ0n) is 6.20. The molecule has 0 amide bonds. The molecule has 1 rings (SSSR count). The third kappa shape index (κ3) is 2.43. The van der Waals surface area contributed by atoms with Gasteiger partial charge >= 0.3 is 6.18 Å². The Morgan fingerprint density at radius 1 is 1.31 bits per heavy atom. The molecule has 1 nitrogen and oxygen atoms in total. The first-order valence-electron chi connectivity index (χ1n) is 3.22. The lowest BCUT2D eigenvalue weighted by Gasteiger charge is -2.11. The van der Waals surface area contributed by atoms with E-state index >= 15 is 0 Å². The molecule has 1 aromatic rings. The van der Waals surface area contributed by atoms with Gasteiger partial charge in [0.15, 0.2) is 0 Å². The highest BCUT2D eigenvalue weighted by molar-refractivity contribution is 9.10. The van der Waals surface area contributed by atoms with Gasteiger partial charge in [0.25, 0.3) is 0 Å². The van der Waals surface area contributed by atoms with Crippen molar-refractivity contribution in [2.24, 2.45) is 0 Å². The summed E-state index contributed by atoms with van der Waals surface area (Å²) in [6.07, 6.45) is -2.19. The maximum Gasteiger partial charge on any atom is 0.418 e. The maximum atomic E-state index is 12.3. The van der Waals surface area contributed by atoms with Gasteiger partial charge in [-0.25, -0.2) is 0 Å². The van der Waals surface area contributed by atoms with Gasteiger partial charge in [-0.05, 0) is 21.5 Å². The Bertz CT molecular complexity index is 311. The highest BCUT2D eigenvalue weighted by Gasteiger charge is 2.34. The first-order chi connectivity index (χ1) is 5.96. The lowest BCUT2D eigenvalue weighted by Crippen LogP contribution is -2.09. The Morgan fingerprint density at radius 2 is 1.92 bits per heavy atom. The Labute approximate surface area is 89.6 Å². The topological polar surface area (TPSA) is 12.9 Å². The summed E-state index contributed by atoms with van der Waals surface area (Å²) in [4.78, 5) is 3.47. The molecule has 0 unspecified atom stereocenters. The fraction of sp³-hybridized carbons (Fsp3) is 0.286. The predicted octanol–water partition coefficient (Wildman–Crippen LogP) is 3.76. The van der Waals surface area contributed by atoms with Crippen molar-refractivity contribution in [3.8, 4) is 0 Å². The van der Waals surface area contributed by atoms with E-state index in [1.165, 1.54) is 6.20 Å². The number of hydrogen-bond acceptors (Lipinski definition) is 1. The van der Waals surface area contributed by atoms with E-state index in [1.54, 1.807) is 0 Å². The Hall–Kier alpha value is -0.100. The summed E-state index contributed by atoms with van der Waals surface area (Å²) in [7, 11) is 0. The van der Waals surface area contributed by atoms with E-state index in [4.69, 9.17) is 0 Å². The maximum absolute atomic E-state index is 12.3. The van der Waals surface area contributed by atoms with E-state index in [0.29, 0.717) is 4.47 Å². The predicted molar refractivity (Wildman–Crippen MR) is 49.6 cm³/mol. The second-order valence-electron chi connectivity index (χ2n) is 2.28. The van der Waals surface area contributed by atoms with Crippen molar-refractivity contribution < 1.29 is 13.2 Å². The van der Waals surface area contributed by atoms with Gasteiger partial charge in [0.2, 0.25) is 0 Å². The van der Waals surface area contributed by atoms with Crippen molar-refractivity contribution in [3.63, 3.8) is 0 Å². The van der Waals surface area contributed by atoms with E-state index in [2.05, 4.69) is 36.8 Å². The molecule has 0 saturated heterocycles. The second-order valence-corrected chi connectivity index (χ2v) is 3.69. The molecule has 1 aromatic heterocycles. The van der Waals surface area contributed by atoms with Crippen LogP contribution >= 0.6 is 31.9 Å². The largest absolute Gasteiger partial charge is 0.418 e. The van der Waals surface area contributed by atoms with Crippen LogP contribution in [0.5, 0.6) is 0 Å². The molecule has 0 bridgehead atoms. The average Bonchev–Trinajstić information content (AvgIpc) is 2.02. The standard InChI is InChI=1S/C7H4Br2F3N/c8-1-4-5(7(10,11)12)2-13-3-6(4)9/h2-3H,1H2. The zero-order valence-corrected chi connectivity index (χ0v) is 9.37. The average molecular weight is 319 g/mol. The highest BCUT2D eigenvalue weighted by atomic mass is 79.9. The third-order valence-electron chi connectivity index (χ3n) is 1.44. The molecule has 0 atom stereocenters. The van der Waals surface area contributed by atoms with Crippen molar-refractivity contribution in [1.29, 1.82) is 0 Å². The smallest absolute Gasteiger partial charge is 0.263 e.